The van der Waals surface area contributed by atoms with Crippen LogP contribution in [0.3, 0.4) is 0 Å². The first-order valence-electron chi connectivity index (χ1n) is 48.9. The Kier molecular flexibility index (Phi) is 109. The number of piperazine rings is 3. The van der Waals surface area contributed by atoms with Gasteiger partial charge in [-0.25, -0.2) is 0 Å². The number of likely N-dealkylation sites (tertiary alicyclic amines) is 3. The van der Waals surface area contributed by atoms with Crippen LogP contribution in [0.4, 0.5) is 0 Å². The van der Waals surface area contributed by atoms with E-state index in [2.05, 4.69) is 210 Å². The van der Waals surface area contributed by atoms with Gasteiger partial charge >= 0.3 is 0 Å². The van der Waals surface area contributed by atoms with Gasteiger partial charge in [0.2, 0.25) is 0 Å². The second-order valence-electron chi connectivity index (χ2n) is 34.1. The molecule has 0 bridgehead atoms. The molecule has 15 N–H and O–H groups in total. The molecule has 6 fully saturated rings. The Balaban J connectivity index is -0.000000387. The molecule has 0 atom stereocenters. The van der Waals surface area contributed by atoms with E-state index in [-0.39, 0.29) is 0 Å². The van der Waals surface area contributed by atoms with Crippen LogP contribution < -0.4 is 50.4 Å². The number of likely N-dealkylation sites (N-methyl/N-ethyl adjacent to an activating group) is 4. The Morgan fingerprint density at radius 3 is 0.939 bits per heavy atom. The number of piperidine rings is 2. The average Bonchev–Trinajstić information content (AvgIpc) is 1.37. The van der Waals surface area contributed by atoms with Gasteiger partial charge in [-0.1, -0.05) is 120 Å². The number of hydrogen-bond donors (Lipinski definition) is 9. The van der Waals surface area contributed by atoms with E-state index in [1.165, 1.54) is 363 Å². The summed E-state index contributed by atoms with van der Waals surface area (Å²) < 4.78 is 0. The highest BCUT2D eigenvalue weighted by molar-refractivity contribution is 4.73. The number of nitrogens with zero attached hydrogens (tertiary/aromatic N) is 14. The second kappa shape index (κ2) is 102. The largest absolute Gasteiger partial charge is 0.330 e. The van der Waals surface area contributed by atoms with Crippen molar-refractivity contribution in [1.82, 2.24) is 84.5 Å². The highest BCUT2D eigenvalue weighted by Crippen LogP contribution is 2.11. The minimum Gasteiger partial charge on any atom is -0.330 e. The number of hydrogen-bond acceptors (Lipinski definition) is 23. The first-order chi connectivity index (χ1) is 55.8. The maximum Gasteiger partial charge on any atom is 0.0110 e. The molecule has 6 aliphatic heterocycles. The van der Waals surface area contributed by atoms with Gasteiger partial charge in [0.1, 0.15) is 0 Å². The van der Waals surface area contributed by atoms with Gasteiger partial charge < -0.3 is 119 Å². The fraction of sp³-hybridized carbons (Fsp3) is 1.00. The molecule has 23 heteroatoms. The smallest absolute Gasteiger partial charge is 0.0110 e. The van der Waals surface area contributed by atoms with E-state index in [1.807, 2.05) is 0 Å². The molecule has 700 valence electrons. The molecule has 6 rings (SSSR count). The van der Waals surface area contributed by atoms with Gasteiger partial charge in [-0.15, -0.1) is 0 Å². The summed E-state index contributed by atoms with van der Waals surface area (Å²) in [6, 6.07) is 0. The number of rotatable bonds is 51. The first-order valence-corrected chi connectivity index (χ1v) is 48.9. The summed E-state index contributed by atoms with van der Waals surface area (Å²) in [4.78, 5) is 33.9. The van der Waals surface area contributed by atoms with Crippen molar-refractivity contribution < 1.29 is 0 Å². The number of nitrogens with two attached hydrogens (primary N) is 6. The molecule has 0 amide bonds. The molecule has 0 unspecified atom stereocenters. The van der Waals surface area contributed by atoms with Crippen molar-refractivity contribution in [2.24, 2.45) is 34.4 Å². The van der Waals surface area contributed by atoms with Gasteiger partial charge in [-0.05, 0) is 355 Å². The Bertz CT molecular complexity index is 1600. The van der Waals surface area contributed by atoms with E-state index in [1.54, 1.807) is 0 Å². The first kappa shape index (κ1) is 123. The standard InChI is InChI=1S/C11H25N3.C11H25N.C10H25N3.C9H20N2.2C8H18N2.C8H20N2.C7H19N3.C7H16N2.C7H15N.C6H16N2/c1-2-3-6-13-8-10-14(11-9-13)7-4-5-12;1-4-6-8-10-12(3)11-9-7-5-2;1-2-3-7-12-9-5-10-13-8-4-6-11;1-10(2)8-9-11-6-4-3-5-7-11;1-3-4-10-7-5-9(2)6-8-10;9-5-4-8-10-6-2-1-3-7-10;1-3-4-7-10(2)8-5-6-9;1-2-5-10(6-3-8)7-4-9;1-2-5-9-6-3-8-4-7-9;1-2-5-8-6-3-4-7-8;1-7(2)5-6-8(3)4/h2-12H2,1H3;4-11H2,1-3H3;12-13H,2-11H2,1H3;3-9H2,1-2H3;3-8H2,1-2H3;1-9H2;3-9H2,1-2H3;2-9H2,1H3;8H,2-7H2,1H3;2-7H2,1H3;5-6H2,1-4H3. The summed E-state index contributed by atoms with van der Waals surface area (Å²) in [5, 5.41) is 10.1. The predicted octanol–water partition coefficient (Wildman–Crippen LogP) is 9.84. The molecule has 6 aliphatic rings. The van der Waals surface area contributed by atoms with Gasteiger partial charge in [-0.2, -0.15) is 0 Å². The van der Waals surface area contributed by atoms with E-state index < -0.39 is 0 Å². The Labute approximate surface area is 721 Å². The molecule has 115 heavy (non-hydrogen) atoms. The summed E-state index contributed by atoms with van der Waals surface area (Å²) in [6.45, 7) is 72.6. The lowest BCUT2D eigenvalue weighted by Gasteiger charge is -2.34. The topological polar surface area (TPSA) is 238 Å². The lowest BCUT2D eigenvalue weighted by Crippen LogP contribution is -2.46. The zero-order valence-corrected chi connectivity index (χ0v) is 81.6. The molecule has 0 aliphatic carbocycles. The molecular formula is C92H217N23. The highest BCUT2D eigenvalue weighted by Gasteiger charge is 2.17. The van der Waals surface area contributed by atoms with Crippen molar-refractivity contribution in [2.45, 2.75) is 249 Å². The van der Waals surface area contributed by atoms with Crippen LogP contribution in [0.15, 0.2) is 0 Å². The van der Waals surface area contributed by atoms with Crippen molar-refractivity contribution in [3.63, 3.8) is 0 Å². The van der Waals surface area contributed by atoms with Crippen molar-refractivity contribution >= 4 is 0 Å². The van der Waals surface area contributed by atoms with E-state index in [0.29, 0.717) is 0 Å². The van der Waals surface area contributed by atoms with Gasteiger partial charge in [0.15, 0.2) is 0 Å². The zero-order valence-electron chi connectivity index (χ0n) is 81.6. The average molecular weight is 1650 g/mol. The van der Waals surface area contributed by atoms with Crippen LogP contribution >= 0.6 is 0 Å². The monoisotopic (exact) mass is 1640 g/mol. The van der Waals surface area contributed by atoms with Gasteiger partial charge in [-0.3, -0.25) is 0 Å². The van der Waals surface area contributed by atoms with E-state index in [0.717, 1.165) is 117 Å². The molecule has 6 heterocycles. The van der Waals surface area contributed by atoms with Gasteiger partial charge in [0.25, 0.3) is 0 Å². The van der Waals surface area contributed by atoms with Crippen LogP contribution in [0.1, 0.15) is 249 Å². The second-order valence-corrected chi connectivity index (χ2v) is 34.1. The third kappa shape index (κ3) is 100. The zero-order chi connectivity index (χ0) is 86.5. The quantitative estimate of drug-likeness (QED) is 0.0258. The molecule has 0 aromatic heterocycles. The summed E-state index contributed by atoms with van der Waals surface area (Å²) in [6.07, 6.45) is 38.2. The van der Waals surface area contributed by atoms with Crippen LogP contribution in [0.25, 0.3) is 0 Å². The van der Waals surface area contributed by atoms with E-state index in [9.17, 15) is 0 Å². The summed E-state index contributed by atoms with van der Waals surface area (Å²) in [7, 11) is 19.2. The van der Waals surface area contributed by atoms with Gasteiger partial charge in [0, 0.05) is 131 Å². The molecule has 0 aromatic carbocycles. The van der Waals surface area contributed by atoms with Crippen molar-refractivity contribution in [3.8, 4) is 0 Å². The van der Waals surface area contributed by atoms with Crippen LogP contribution in [0.5, 0.6) is 0 Å². The van der Waals surface area contributed by atoms with Crippen LogP contribution in [-0.4, -0.2) is 427 Å². The fourth-order valence-electron chi connectivity index (χ4n) is 13.7. The van der Waals surface area contributed by atoms with E-state index >= 15 is 0 Å². The minimum atomic E-state index is 0.736. The molecular weight excluding hydrogens is 1430 g/mol. The molecule has 23 nitrogen and oxygen atoms in total. The lowest BCUT2D eigenvalue weighted by molar-refractivity contribution is 0.131. The lowest BCUT2D eigenvalue weighted by atomic mass is 10.1. The van der Waals surface area contributed by atoms with Crippen LogP contribution in [0.2, 0.25) is 0 Å². The molecule has 0 spiro atoms. The minimum absolute atomic E-state index is 0.736. The maximum atomic E-state index is 5.50. The third-order valence-corrected chi connectivity index (χ3v) is 21.4. The van der Waals surface area contributed by atoms with Crippen molar-refractivity contribution in [2.75, 3.05) is 358 Å². The SMILES string of the molecule is CCCCCN(C)CCCCC.CCCCN(C)CCCN.CCCCN1CCN(CCCN)CC1.CCCCNCCCNCCCN.CCCN(CCN)CCN.CCCN1CCCC1.CCCN1CCN(C)CC1.CCCN1CCNCC1.CN(C)CCN(C)C.CN(C)CCN1CCCCC1.NCCCN1CCCCC1. The third-order valence-electron chi connectivity index (χ3n) is 21.4. The predicted molar refractivity (Wildman–Crippen MR) is 518 cm³/mol. The van der Waals surface area contributed by atoms with Crippen molar-refractivity contribution in [1.29, 1.82) is 0 Å². The maximum absolute atomic E-state index is 5.50. The Hall–Kier alpha value is -0.920. The molecule has 0 aromatic rings. The van der Waals surface area contributed by atoms with Crippen LogP contribution in [-0.2, 0) is 0 Å². The summed E-state index contributed by atoms with van der Waals surface area (Å²) in [5.41, 5.74) is 32.5. The number of nitrogens with one attached hydrogen (secondary N) is 3. The number of unbranched alkanes of at least 4 members (excludes halogenated alkanes) is 7. The highest BCUT2D eigenvalue weighted by atomic mass is 15.3. The fourth-order valence-corrected chi connectivity index (χ4v) is 13.7. The van der Waals surface area contributed by atoms with E-state index in [4.69, 9.17) is 34.4 Å². The van der Waals surface area contributed by atoms with Crippen LogP contribution in [0, 0.1) is 0 Å². The Morgan fingerprint density at radius 1 is 0.243 bits per heavy atom. The normalized spacial score (nSPS) is 16.6. The molecule has 0 saturated carbocycles. The van der Waals surface area contributed by atoms with Crippen molar-refractivity contribution in [3.05, 3.63) is 0 Å². The summed E-state index contributed by atoms with van der Waals surface area (Å²) in [5.74, 6) is 0. The Morgan fingerprint density at radius 2 is 0.565 bits per heavy atom. The summed E-state index contributed by atoms with van der Waals surface area (Å²) >= 11 is 0. The van der Waals surface area contributed by atoms with Gasteiger partial charge in [0.05, 0.1) is 0 Å². The molecule has 6 saturated heterocycles. The molecule has 0 radical (unpaired) electrons.